The molecule has 2 N–H and O–H groups in total. The van der Waals surface area contributed by atoms with Gasteiger partial charge in [-0.15, -0.1) is 0 Å². The Morgan fingerprint density at radius 1 is 1.32 bits per heavy atom. The SMILES string of the molecule is C=C1NC(=S)N[C@@H](c2ccccc2OC2CCCC2)[C@@H]1C(=O)OCC. The normalized spacial score (nSPS) is 23.7. The number of carbonyl (C=O) groups is 1. The highest BCUT2D eigenvalue weighted by molar-refractivity contribution is 7.80. The molecule has 5 nitrogen and oxygen atoms in total. The number of ether oxygens (including phenoxy) is 2. The highest BCUT2D eigenvalue weighted by Gasteiger charge is 2.39. The van der Waals surface area contributed by atoms with E-state index in [4.69, 9.17) is 21.7 Å². The van der Waals surface area contributed by atoms with E-state index < -0.39 is 5.92 Å². The zero-order valence-corrected chi connectivity index (χ0v) is 15.2. The average molecular weight is 360 g/mol. The number of carbonyl (C=O) groups excluding carboxylic acids is 1. The molecule has 2 fully saturated rings. The van der Waals surface area contributed by atoms with Gasteiger partial charge in [0.15, 0.2) is 5.11 Å². The minimum Gasteiger partial charge on any atom is -0.490 e. The van der Waals surface area contributed by atoms with Crippen molar-refractivity contribution in [2.45, 2.75) is 44.8 Å². The summed E-state index contributed by atoms with van der Waals surface area (Å²) in [7, 11) is 0. The standard InChI is InChI=1S/C19H24N2O3S/c1-3-23-18(22)16-12(2)20-19(25)21-17(16)14-10-6-7-11-15(14)24-13-8-4-5-9-13/h6-7,10-11,13,16-17H,2-5,8-9H2,1H3,(H2,20,21,25)/t16-,17+/m1/s1. The van der Waals surface area contributed by atoms with Gasteiger partial charge in [0, 0.05) is 11.3 Å². The summed E-state index contributed by atoms with van der Waals surface area (Å²) < 4.78 is 11.5. The number of hydrogen-bond acceptors (Lipinski definition) is 4. The number of thiocarbonyl (C=S) groups is 1. The van der Waals surface area contributed by atoms with Crippen molar-refractivity contribution in [3.63, 3.8) is 0 Å². The Balaban J connectivity index is 1.92. The van der Waals surface area contributed by atoms with E-state index >= 15 is 0 Å². The summed E-state index contributed by atoms with van der Waals surface area (Å²) in [6.45, 7) is 6.09. The highest BCUT2D eigenvalue weighted by Crippen LogP contribution is 2.37. The van der Waals surface area contributed by atoms with Crippen LogP contribution in [0.3, 0.4) is 0 Å². The average Bonchev–Trinajstić information content (AvgIpc) is 3.08. The maximum Gasteiger partial charge on any atom is 0.317 e. The van der Waals surface area contributed by atoms with Crippen molar-refractivity contribution < 1.29 is 14.3 Å². The van der Waals surface area contributed by atoms with Gasteiger partial charge in [0.05, 0.1) is 18.8 Å². The van der Waals surface area contributed by atoms with E-state index in [0.717, 1.165) is 24.2 Å². The third kappa shape index (κ3) is 3.95. The van der Waals surface area contributed by atoms with Crippen LogP contribution in [0.4, 0.5) is 0 Å². The summed E-state index contributed by atoms with van der Waals surface area (Å²) in [6, 6.07) is 7.44. The number of esters is 1. The minimum absolute atomic E-state index is 0.235. The largest absolute Gasteiger partial charge is 0.490 e. The molecule has 2 aliphatic rings. The molecular formula is C19H24N2O3S. The lowest BCUT2D eigenvalue weighted by atomic mass is 9.88. The third-order valence-electron chi connectivity index (χ3n) is 4.66. The zero-order valence-electron chi connectivity index (χ0n) is 14.4. The van der Waals surface area contributed by atoms with E-state index in [1.165, 1.54) is 12.8 Å². The Labute approximate surface area is 153 Å². The summed E-state index contributed by atoms with van der Waals surface area (Å²) in [5.74, 6) is -0.102. The van der Waals surface area contributed by atoms with Gasteiger partial charge in [-0.1, -0.05) is 24.8 Å². The number of benzene rings is 1. The van der Waals surface area contributed by atoms with E-state index in [1.54, 1.807) is 6.92 Å². The smallest absolute Gasteiger partial charge is 0.317 e. The number of para-hydroxylation sites is 1. The Hall–Kier alpha value is -2.08. The Morgan fingerprint density at radius 2 is 2.04 bits per heavy atom. The first-order valence-electron chi connectivity index (χ1n) is 8.78. The lowest BCUT2D eigenvalue weighted by Gasteiger charge is -2.35. The molecule has 1 heterocycles. The van der Waals surface area contributed by atoms with Crippen LogP contribution in [0, 0.1) is 5.92 Å². The first kappa shape index (κ1) is 17.7. The van der Waals surface area contributed by atoms with Crippen LogP contribution in [0.1, 0.15) is 44.2 Å². The Kier molecular flexibility index (Phi) is 5.58. The van der Waals surface area contributed by atoms with Crippen LogP contribution in [0.5, 0.6) is 5.75 Å². The van der Waals surface area contributed by atoms with Crippen molar-refractivity contribution in [3.05, 3.63) is 42.1 Å². The molecular weight excluding hydrogens is 336 g/mol. The van der Waals surface area contributed by atoms with E-state index in [0.29, 0.717) is 17.4 Å². The summed E-state index contributed by atoms with van der Waals surface area (Å²) in [6.07, 6.45) is 4.77. The van der Waals surface area contributed by atoms with Gasteiger partial charge >= 0.3 is 5.97 Å². The molecule has 1 aromatic carbocycles. The first-order chi connectivity index (χ1) is 12.1. The molecule has 25 heavy (non-hydrogen) atoms. The molecule has 0 radical (unpaired) electrons. The predicted molar refractivity (Wildman–Crippen MR) is 100 cm³/mol. The second kappa shape index (κ2) is 7.87. The van der Waals surface area contributed by atoms with E-state index in [9.17, 15) is 4.79 Å². The molecule has 0 amide bonds. The van der Waals surface area contributed by atoms with Crippen molar-refractivity contribution >= 4 is 23.3 Å². The number of hydrogen-bond donors (Lipinski definition) is 2. The van der Waals surface area contributed by atoms with Crippen LogP contribution in [-0.4, -0.2) is 23.8 Å². The van der Waals surface area contributed by atoms with Gasteiger partial charge in [-0.2, -0.15) is 0 Å². The molecule has 6 heteroatoms. The monoisotopic (exact) mass is 360 g/mol. The molecule has 1 aliphatic carbocycles. The molecule has 134 valence electrons. The predicted octanol–water partition coefficient (Wildman–Crippen LogP) is 3.22. The summed E-state index contributed by atoms with van der Waals surface area (Å²) >= 11 is 5.27. The van der Waals surface area contributed by atoms with Gasteiger partial charge in [-0.25, -0.2) is 0 Å². The number of rotatable bonds is 5. The van der Waals surface area contributed by atoms with Crippen molar-refractivity contribution in [1.82, 2.24) is 10.6 Å². The Morgan fingerprint density at radius 3 is 2.76 bits per heavy atom. The van der Waals surface area contributed by atoms with Crippen LogP contribution < -0.4 is 15.4 Å². The molecule has 1 saturated carbocycles. The Bertz CT molecular complexity index is 670. The van der Waals surface area contributed by atoms with Crippen molar-refractivity contribution in [1.29, 1.82) is 0 Å². The molecule has 0 bridgehead atoms. The molecule has 1 aromatic rings. The molecule has 0 spiro atoms. The molecule has 0 aromatic heterocycles. The fraction of sp³-hybridized carbons (Fsp3) is 0.474. The van der Waals surface area contributed by atoms with Crippen LogP contribution in [0.25, 0.3) is 0 Å². The molecule has 1 aliphatic heterocycles. The van der Waals surface area contributed by atoms with Crippen LogP contribution in [0.2, 0.25) is 0 Å². The van der Waals surface area contributed by atoms with Crippen molar-refractivity contribution in [3.8, 4) is 5.75 Å². The fourth-order valence-corrected chi connectivity index (χ4v) is 3.74. The van der Waals surface area contributed by atoms with Gasteiger partial charge in [-0.05, 0) is 50.9 Å². The summed E-state index contributed by atoms with van der Waals surface area (Å²) in [5.41, 5.74) is 1.44. The fourth-order valence-electron chi connectivity index (χ4n) is 3.48. The molecule has 2 atom stereocenters. The lowest BCUT2D eigenvalue weighted by Crippen LogP contribution is -2.51. The zero-order chi connectivity index (χ0) is 17.8. The van der Waals surface area contributed by atoms with E-state index in [2.05, 4.69) is 17.2 Å². The maximum absolute atomic E-state index is 12.5. The van der Waals surface area contributed by atoms with Crippen LogP contribution >= 0.6 is 12.2 Å². The maximum atomic E-state index is 12.5. The molecule has 3 rings (SSSR count). The van der Waals surface area contributed by atoms with E-state index in [-0.39, 0.29) is 18.1 Å². The van der Waals surface area contributed by atoms with Gasteiger partial charge < -0.3 is 20.1 Å². The summed E-state index contributed by atoms with van der Waals surface area (Å²) in [5, 5.41) is 6.59. The van der Waals surface area contributed by atoms with Gasteiger partial charge in [0.25, 0.3) is 0 Å². The third-order valence-corrected chi connectivity index (χ3v) is 4.88. The summed E-state index contributed by atoms with van der Waals surface area (Å²) in [4.78, 5) is 12.5. The highest BCUT2D eigenvalue weighted by atomic mass is 32.1. The lowest BCUT2D eigenvalue weighted by molar-refractivity contribution is -0.147. The number of nitrogens with one attached hydrogen (secondary N) is 2. The second-order valence-electron chi connectivity index (χ2n) is 6.39. The first-order valence-corrected chi connectivity index (χ1v) is 9.19. The van der Waals surface area contributed by atoms with Gasteiger partial charge in [-0.3, -0.25) is 4.79 Å². The van der Waals surface area contributed by atoms with Gasteiger partial charge in [0.1, 0.15) is 11.7 Å². The molecule has 1 saturated heterocycles. The molecule has 0 unspecified atom stereocenters. The second-order valence-corrected chi connectivity index (χ2v) is 6.80. The van der Waals surface area contributed by atoms with Gasteiger partial charge in [0.2, 0.25) is 0 Å². The van der Waals surface area contributed by atoms with Crippen molar-refractivity contribution in [2.75, 3.05) is 6.61 Å². The van der Waals surface area contributed by atoms with Crippen LogP contribution in [0.15, 0.2) is 36.5 Å². The van der Waals surface area contributed by atoms with E-state index in [1.807, 2.05) is 24.3 Å². The van der Waals surface area contributed by atoms with Crippen LogP contribution in [-0.2, 0) is 9.53 Å². The minimum atomic E-state index is -0.569. The quantitative estimate of drug-likeness (QED) is 0.621. The van der Waals surface area contributed by atoms with Crippen molar-refractivity contribution in [2.24, 2.45) is 5.92 Å². The topological polar surface area (TPSA) is 59.6 Å².